The van der Waals surface area contributed by atoms with Crippen molar-refractivity contribution in [3.8, 4) is 11.5 Å². The minimum atomic E-state index is -1.39. The first-order chi connectivity index (χ1) is 22.2. The summed E-state index contributed by atoms with van der Waals surface area (Å²) in [6, 6.07) is 17.6. The molecule has 0 saturated heterocycles. The summed E-state index contributed by atoms with van der Waals surface area (Å²) in [4.78, 5) is 54.2. The Morgan fingerprint density at radius 2 is 1.85 bits per heavy atom. The van der Waals surface area contributed by atoms with E-state index in [-0.39, 0.29) is 47.9 Å². The number of amides is 2. The molecule has 0 bridgehead atoms. The first kappa shape index (κ1) is 30.8. The number of methoxy groups -OCH3 is 1. The SMILES string of the molecule is COc1cc(C=O)cc2c1OC1C2C(C(=O)NCCO)=CC(N(Cc2ccc(C)cc2)C(=O)c2cc3ccccc3oc2=O)C1O. The fourth-order valence-corrected chi connectivity index (χ4v) is 6.13. The second-order valence-corrected chi connectivity index (χ2v) is 11.3. The van der Waals surface area contributed by atoms with Gasteiger partial charge in [0.1, 0.15) is 29.6 Å². The number of aldehydes is 1. The van der Waals surface area contributed by atoms with Gasteiger partial charge in [0, 0.05) is 35.2 Å². The van der Waals surface area contributed by atoms with Crippen LogP contribution in [0.4, 0.5) is 0 Å². The van der Waals surface area contributed by atoms with E-state index in [1.54, 1.807) is 30.3 Å². The topological polar surface area (TPSA) is 156 Å². The van der Waals surface area contributed by atoms with Gasteiger partial charge in [0.25, 0.3) is 5.91 Å². The molecule has 2 amide bonds. The Morgan fingerprint density at radius 3 is 2.57 bits per heavy atom. The predicted octanol–water partition coefficient (Wildman–Crippen LogP) is 2.89. The number of ether oxygens (including phenoxy) is 2. The fraction of sp³-hybridized carbons (Fsp3) is 0.257. The third-order valence-electron chi connectivity index (χ3n) is 8.38. The van der Waals surface area contributed by atoms with E-state index in [1.165, 1.54) is 30.2 Å². The molecular weight excluding hydrogens is 592 g/mol. The Balaban J connectivity index is 1.50. The van der Waals surface area contributed by atoms with Crippen molar-refractivity contribution in [2.75, 3.05) is 20.3 Å². The normalized spacial score (nSPS) is 19.8. The van der Waals surface area contributed by atoms with E-state index in [0.717, 1.165) is 5.56 Å². The molecule has 3 N–H and O–H groups in total. The number of para-hydroxylation sites is 1. The van der Waals surface area contributed by atoms with E-state index in [2.05, 4.69) is 5.32 Å². The minimum Gasteiger partial charge on any atom is -0.493 e. The molecule has 4 aromatic rings. The molecule has 2 heterocycles. The third kappa shape index (κ3) is 5.55. The summed E-state index contributed by atoms with van der Waals surface area (Å²) in [5.74, 6) is -1.61. The maximum absolute atomic E-state index is 14.4. The van der Waals surface area contributed by atoms with Gasteiger partial charge in [-0.2, -0.15) is 0 Å². The average molecular weight is 625 g/mol. The molecule has 236 valence electrons. The highest BCUT2D eigenvalue weighted by Gasteiger charge is 2.51. The van der Waals surface area contributed by atoms with Gasteiger partial charge in [0.2, 0.25) is 5.91 Å². The van der Waals surface area contributed by atoms with Gasteiger partial charge in [-0.15, -0.1) is 0 Å². The van der Waals surface area contributed by atoms with Crippen molar-refractivity contribution in [2.45, 2.75) is 37.6 Å². The van der Waals surface area contributed by atoms with Gasteiger partial charge < -0.3 is 34.3 Å². The average Bonchev–Trinajstić information content (AvgIpc) is 3.46. The molecule has 3 aromatic carbocycles. The molecule has 46 heavy (non-hydrogen) atoms. The number of carbonyl (C=O) groups is 3. The Hall–Kier alpha value is -5.26. The predicted molar refractivity (Wildman–Crippen MR) is 167 cm³/mol. The van der Waals surface area contributed by atoms with Gasteiger partial charge in [0.15, 0.2) is 11.5 Å². The first-order valence-electron chi connectivity index (χ1n) is 14.8. The number of aliphatic hydroxyl groups is 2. The molecule has 4 unspecified atom stereocenters. The molecular formula is C35H32N2O9. The third-order valence-corrected chi connectivity index (χ3v) is 8.38. The lowest BCUT2D eigenvalue weighted by molar-refractivity contribution is -0.118. The van der Waals surface area contributed by atoms with Gasteiger partial charge >= 0.3 is 5.63 Å². The van der Waals surface area contributed by atoms with Crippen LogP contribution in [0.3, 0.4) is 0 Å². The van der Waals surface area contributed by atoms with E-state index in [9.17, 15) is 29.4 Å². The number of nitrogens with zero attached hydrogens (tertiary/aromatic N) is 1. The van der Waals surface area contributed by atoms with Crippen LogP contribution >= 0.6 is 0 Å². The zero-order valence-electron chi connectivity index (χ0n) is 25.1. The lowest BCUT2D eigenvalue weighted by Gasteiger charge is -2.40. The largest absolute Gasteiger partial charge is 0.493 e. The van der Waals surface area contributed by atoms with Crippen molar-refractivity contribution < 1.29 is 38.5 Å². The lowest BCUT2D eigenvalue weighted by atomic mass is 9.77. The Kier molecular flexibility index (Phi) is 8.44. The second kappa shape index (κ2) is 12.6. The summed E-state index contributed by atoms with van der Waals surface area (Å²) in [6.45, 7) is 1.54. The van der Waals surface area contributed by atoms with Crippen molar-refractivity contribution in [1.29, 1.82) is 0 Å². The summed E-state index contributed by atoms with van der Waals surface area (Å²) in [5, 5.41) is 24.6. The molecule has 6 rings (SSSR count). The smallest absolute Gasteiger partial charge is 0.349 e. The maximum Gasteiger partial charge on any atom is 0.349 e. The number of benzene rings is 3. The van der Waals surface area contributed by atoms with E-state index in [4.69, 9.17) is 13.9 Å². The van der Waals surface area contributed by atoms with Gasteiger partial charge in [-0.3, -0.25) is 14.4 Å². The van der Waals surface area contributed by atoms with E-state index in [1.807, 2.05) is 31.2 Å². The van der Waals surface area contributed by atoms with Crippen molar-refractivity contribution in [1.82, 2.24) is 10.2 Å². The zero-order valence-corrected chi connectivity index (χ0v) is 25.1. The second-order valence-electron chi connectivity index (χ2n) is 11.3. The first-order valence-corrected chi connectivity index (χ1v) is 14.8. The Bertz CT molecular complexity index is 1910. The zero-order chi connectivity index (χ0) is 32.5. The van der Waals surface area contributed by atoms with Gasteiger partial charge in [-0.25, -0.2) is 4.79 Å². The molecule has 0 saturated carbocycles. The number of hydrogen-bond donors (Lipinski definition) is 3. The number of rotatable bonds is 9. The summed E-state index contributed by atoms with van der Waals surface area (Å²) in [7, 11) is 1.41. The molecule has 0 fully saturated rings. The standard InChI is InChI=1S/C35H32N2O9/c1-19-7-9-20(10-8-19)17-37(34(42)25-15-22-5-3-4-6-27(22)45-35(25)43)26-16-24(33(41)36-11-12-38)29-23-13-21(18-39)14-28(44-2)31(23)46-32(29)30(26)40/h3-10,13-16,18,26,29-30,32,38,40H,11-12,17H2,1-2H3,(H,36,41). The monoisotopic (exact) mass is 624 g/mol. The molecule has 1 aliphatic carbocycles. The van der Waals surface area contributed by atoms with Crippen LogP contribution in [0.15, 0.2) is 87.6 Å². The molecule has 1 aliphatic heterocycles. The van der Waals surface area contributed by atoms with E-state index in [0.29, 0.717) is 28.4 Å². The number of aryl methyl sites for hydroxylation is 1. The highest BCUT2D eigenvalue weighted by atomic mass is 16.5. The maximum atomic E-state index is 14.4. The molecule has 4 atom stereocenters. The van der Waals surface area contributed by atoms with Crippen LogP contribution in [0.2, 0.25) is 0 Å². The molecule has 2 aliphatic rings. The number of fused-ring (bicyclic) bond motifs is 4. The Labute approximate surface area is 263 Å². The van der Waals surface area contributed by atoms with Gasteiger partial charge in [-0.1, -0.05) is 48.0 Å². The van der Waals surface area contributed by atoms with Crippen molar-refractivity contribution in [3.05, 3.63) is 117 Å². The van der Waals surface area contributed by atoms with Crippen LogP contribution in [0, 0.1) is 6.92 Å². The van der Waals surface area contributed by atoms with Crippen LogP contribution in [0.5, 0.6) is 11.5 Å². The molecule has 11 nitrogen and oxygen atoms in total. The van der Waals surface area contributed by atoms with Crippen LogP contribution in [-0.2, 0) is 11.3 Å². The van der Waals surface area contributed by atoms with Crippen LogP contribution in [0.1, 0.15) is 43.3 Å². The van der Waals surface area contributed by atoms with Crippen molar-refractivity contribution in [3.63, 3.8) is 0 Å². The highest BCUT2D eigenvalue weighted by Crippen LogP contribution is 2.51. The van der Waals surface area contributed by atoms with Crippen molar-refractivity contribution >= 4 is 29.1 Å². The number of aliphatic hydroxyl groups excluding tert-OH is 2. The molecule has 0 radical (unpaired) electrons. The molecule has 11 heteroatoms. The quantitative estimate of drug-likeness (QED) is 0.188. The van der Waals surface area contributed by atoms with Crippen molar-refractivity contribution in [2.24, 2.45) is 0 Å². The molecule has 1 aromatic heterocycles. The number of hydrogen-bond acceptors (Lipinski definition) is 9. The Morgan fingerprint density at radius 1 is 1.09 bits per heavy atom. The van der Waals surface area contributed by atoms with Gasteiger partial charge in [-0.05, 0) is 42.8 Å². The van der Waals surface area contributed by atoms with Crippen LogP contribution < -0.4 is 20.4 Å². The summed E-state index contributed by atoms with van der Waals surface area (Å²) in [5.41, 5.74) is 1.84. The number of nitrogens with one attached hydrogen (secondary N) is 1. The fourth-order valence-electron chi connectivity index (χ4n) is 6.13. The van der Waals surface area contributed by atoms with Gasteiger partial charge in [0.05, 0.1) is 25.7 Å². The van der Waals surface area contributed by atoms with E-state index < -0.39 is 41.6 Å². The summed E-state index contributed by atoms with van der Waals surface area (Å²) in [6.07, 6.45) is -0.328. The summed E-state index contributed by atoms with van der Waals surface area (Å²) < 4.78 is 17.2. The highest BCUT2D eigenvalue weighted by molar-refractivity contribution is 5.99. The summed E-state index contributed by atoms with van der Waals surface area (Å²) >= 11 is 0. The van der Waals surface area contributed by atoms with E-state index >= 15 is 0 Å². The lowest BCUT2D eigenvalue weighted by Crippen LogP contribution is -2.55. The van der Waals surface area contributed by atoms with Crippen LogP contribution in [0.25, 0.3) is 11.0 Å². The molecule has 0 spiro atoms. The number of carbonyl (C=O) groups excluding carboxylic acids is 3. The van der Waals surface area contributed by atoms with Crippen LogP contribution in [-0.4, -0.2) is 71.7 Å². The minimum absolute atomic E-state index is 0.0297.